The number of carbonyl (C=O) groups excluding carboxylic acids is 1. The fraction of sp³-hybridized carbons (Fsp3) is 0.409. The molecule has 0 radical (unpaired) electrons. The third kappa shape index (κ3) is 5.96. The fourth-order valence-electron chi connectivity index (χ4n) is 3.50. The summed E-state index contributed by atoms with van der Waals surface area (Å²) in [5.41, 5.74) is 1.26. The molecule has 0 heterocycles. The van der Waals surface area contributed by atoms with Crippen molar-refractivity contribution in [1.82, 2.24) is 4.72 Å². The zero-order valence-corrected chi connectivity index (χ0v) is 18.1. The van der Waals surface area contributed by atoms with E-state index >= 15 is 0 Å². The summed E-state index contributed by atoms with van der Waals surface area (Å²) >= 11 is 0. The third-order valence-corrected chi connectivity index (χ3v) is 6.61. The predicted molar refractivity (Wildman–Crippen MR) is 115 cm³/mol. The van der Waals surface area contributed by atoms with Crippen molar-refractivity contribution < 1.29 is 22.7 Å². The third-order valence-electron chi connectivity index (χ3n) is 5.10. The molecule has 0 aromatic heterocycles. The Morgan fingerprint density at radius 2 is 1.87 bits per heavy atom. The van der Waals surface area contributed by atoms with E-state index in [4.69, 9.17) is 9.47 Å². The van der Waals surface area contributed by atoms with Gasteiger partial charge in [0.15, 0.2) is 6.61 Å². The van der Waals surface area contributed by atoms with E-state index in [9.17, 15) is 13.2 Å². The number of aryl methyl sites for hydroxylation is 1. The van der Waals surface area contributed by atoms with Gasteiger partial charge in [-0.15, -0.1) is 0 Å². The van der Waals surface area contributed by atoms with Crippen LogP contribution >= 0.6 is 0 Å². The van der Waals surface area contributed by atoms with Gasteiger partial charge in [0.05, 0.1) is 12.0 Å². The topological polar surface area (TPSA) is 93.7 Å². The molecular formula is C22H28N2O5S. The smallest absolute Gasteiger partial charge is 0.262 e. The lowest BCUT2D eigenvalue weighted by atomic mass is 9.96. The predicted octanol–water partition coefficient (Wildman–Crippen LogP) is 3.63. The van der Waals surface area contributed by atoms with Gasteiger partial charge in [-0.2, -0.15) is 0 Å². The second kappa shape index (κ2) is 9.95. The first-order chi connectivity index (χ1) is 14.4. The summed E-state index contributed by atoms with van der Waals surface area (Å²) in [5.74, 6) is 0.786. The first-order valence-corrected chi connectivity index (χ1v) is 11.6. The number of rotatable bonds is 8. The minimum atomic E-state index is -3.57. The number of benzene rings is 2. The van der Waals surface area contributed by atoms with Crippen LogP contribution in [0.25, 0.3) is 0 Å². The van der Waals surface area contributed by atoms with Crippen molar-refractivity contribution in [3.63, 3.8) is 0 Å². The lowest BCUT2D eigenvalue weighted by Gasteiger charge is -2.22. The van der Waals surface area contributed by atoms with Gasteiger partial charge in [0.2, 0.25) is 10.0 Å². The molecule has 3 rings (SSSR count). The normalized spacial score (nSPS) is 14.9. The first-order valence-electron chi connectivity index (χ1n) is 10.1. The van der Waals surface area contributed by atoms with Gasteiger partial charge in [0, 0.05) is 17.8 Å². The van der Waals surface area contributed by atoms with E-state index in [0.717, 1.165) is 32.1 Å². The van der Waals surface area contributed by atoms with Gasteiger partial charge in [0.25, 0.3) is 5.91 Å². The lowest BCUT2D eigenvalue weighted by molar-refractivity contribution is -0.118. The highest BCUT2D eigenvalue weighted by molar-refractivity contribution is 7.89. The average Bonchev–Trinajstić information content (AvgIpc) is 2.73. The van der Waals surface area contributed by atoms with E-state index in [1.165, 1.54) is 6.07 Å². The summed E-state index contributed by atoms with van der Waals surface area (Å²) in [5, 5.41) is 2.74. The van der Waals surface area contributed by atoms with E-state index in [2.05, 4.69) is 10.0 Å². The maximum atomic E-state index is 12.7. The molecule has 0 atom stereocenters. The highest BCUT2D eigenvalue weighted by atomic mass is 32.2. The molecular weight excluding hydrogens is 404 g/mol. The number of amides is 1. The van der Waals surface area contributed by atoms with Crippen LogP contribution in [-0.2, 0) is 14.8 Å². The zero-order valence-electron chi connectivity index (χ0n) is 17.3. The van der Waals surface area contributed by atoms with Crippen molar-refractivity contribution in [2.75, 3.05) is 19.0 Å². The second-order valence-electron chi connectivity index (χ2n) is 7.45. The molecule has 162 valence electrons. The number of anilines is 1. The monoisotopic (exact) mass is 432 g/mol. The van der Waals surface area contributed by atoms with Crippen molar-refractivity contribution in [3.05, 3.63) is 48.0 Å². The highest BCUT2D eigenvalue weighted by Gasteiger charge is 2.22. The van der Waals surface area contributed by atoms with Gasteiger partial charge in [0.1, 0.15) is 11.5 Å². The Labute approximate surface area is 177 Å². The summed E-state index contributed by atoms with van der Waals surface area (Å²) in [4.78, 5) is 12.4. The Bertz CT molecular complexity index is 985. The number of nitrogens with one attached hydrogen (secondary N) is 2. The van der Waals surface area contributed by atoms with E-state index in [-0.39, 0.29) is 23.5 Å². The molecule has 1 saturated carbocycles. The summed E-state index contributed by atoms with van der Waals surface area (Å²) in [6.45, 7) is 1.57. The molecule has 30 heavy (non-hydrogen) atoms. The molecule has 7 nitrogen and oxygen atoms in total. The molecule has 1 aliphatic carbocycles. The molecule has 0 saturated heterocycles. The van der Waals surface area contributed by atoms with Crippen LogP contribution in [0.15, 0.2) is 47.4 Å². The van der Waals surface area contributed by atoms with E-state index in [1.807, 2.05) is 0 Å². The number of methoxy groups -OCH3 is 1. The lowest BCUT2D eigenvalue weighted by Crippen LogP contribution is -2.36. The molecule has 2 aromatic carbocycles. The molecule has 0 aliphatic heterocycles. The van der Waals surface area contributed by atoms with Crippen LogP contribution in [0.4, 0.5) is 5.69 Å². The quantitative estimate of drug-likeness (QED) is 0.664. The minimum Gasteiger partial charge on any atom is -0.497 e. The molecule has 1 amide bonds. The van der Waals surface area contributed by atoms with E-state index in [0.29, 0.717) is 22.7 Å². The van der Waals surface area contributed by atoms with Gasteiger partial charge in [-0.25, -0.2) is 13.1 Å². The summed E-state index contributed by atoms with van der Waals surface area (Å²) in [6.07, 6.45) is 5.02. The average molecular weight is 433 g/mol. The zero-order chi connectivity index (χ0) is 21.6. The maximum absolute atomic E-state index is 12.7. The minimum absolute atomic E-state index is 0.000268. The molecule has 2 aromatic rings. The SMILES string of the molecule is COc1cccc(NC(=O)COc2ccc(S(=O)(=O)NC3CCCCC3)cc2C)c1. The Morgan fingerprint density at radius 3 is 2.57 bits per heavy atom. The second-order valence-corrected chi connectivity index (χ2v) is 9.17. The van der Waals surface area contributed by atoms with Crippen molar-refractivity contribution in [2.45, 2.75) is 50.0 Å². The molecule has 0 spiro atoms. The van der Waals surface area contributed by atoms with Gasteiger partial charge in [-0.05, 0) is 55.7 Å². The van der Waals surface area contributed by atoms with Crippen LogP contribution in [0.1, 0.15) is 37.7 Å². The van der Waals surface area contributed by atoms with Crippen molar-refractivity contribution >= 4 is 21.6 Å². The first kappa shape index (κ1) is 22.1. The van der Waals surface area contributed by atoms with Gasteiger partial charge < -0.3 is 14.8 Å². The molecule has 1 aliphatic rings. The van der Waals surface area contributed by atoms with Crippen molar-refractivity contribution in [3.8, 4) is 11.5 Å². The molecule has 2 N–H and O–H groups in total. The van der Waals surface area contributed by atoms with E-state index in [1.54, 1.807) is 50.4 Å². The van der Waals surface area contributed by atoms with Crippen LogP contribution in [0, 0.1) is 6.92 Å². The Balaban J connectivity index is 1.58. The number of hydrogen-bond acceptors (Lipinski definition) is 5. The number of carbonyl (C=O) groups is 1. The number of ether oxygens (including phenoxy) is 2. The maximum Gasteiger partial charge on any atom is 0.262 e. The molecule has 1 fully saturated rings. The van der Waals surface area contributed by atoms with Crippen LogP contribution < -0.4 is 19.5 Å². The molecule has 0 unspecified atom stereocenters. The summed E-state index contributed by atoms with van der Waals surface area (Å²) in [7, 11) is -2.02. The number of hydrogen-bond donors (Lipinski definition) is 2. The fourth-order valence-corrected chi connectivity index (χ4v) is 4.89. The summed E-state index contributed by atoms with van der Waals surface area (Å²) < 4.78 is 38.8. The van der Waals surface area contributed by atoms with E-state index < -0.39 is 10.0 Å². The Hall–Kier alpha value is -2.58. The highest BCUT2D eigenvalue weighted by Crippen LogP contribution is 2.24. The van der Waals surface area contributed by atoms with Crippen molar-refractivity contribution in [1.29, 1.82) is 0 Å². The standard InChI is InChI=1S/C22H28N2O5S/c1-16-13-20(30(26,27)24-17-7-4-3-5-8-17)11-12-21(16)29-15-22(25)23-18-9-6-10-19(14-18)28-2/h6,9-14,17,24H,3-5,7-8,15H2,1-2H3,(H,23,25). The Morgan fingerprint density at radius 1 is 1.10 bits per heavy atom. The Kier molecular flexibility index (Phi) is 7.33. The van der Waals surface area contributed by atoms with Crippen LogP contribution in [-0.4, -0.2) is 34.1 Å². The van der Waals surface area contributed by atoms with Gasteiger partial charge in [-0.3, -0.25) is 4.79 Å². The largest absolute Gasteiger partial charge is 0.497 e. The van der Waals surface area contributed by atoms with Crippen LogP contribution in [0.3, 0.4) is 0 Å². The number of sulfonamides is 1. The van der Waals surface area contributed by atoms with Crippen LogP contribution in [0.2, 0.25) is 0 Å². The molecule has 8 heteroatoms. The van der Waals surface area contributed by atoms with Crippen LogP contribution in [0.5, 0.6) is 11.5 Å². The summed E-state index contributed by atoms with van der Waals surface area (Å²) in [6, 6.07) is 11.7. The molecule has 0 bridgehead atoms. The van der Waals surface area contributed by atoms with Gasteiger partial charge >= 0.3 is 0 Å². The van der Waals surface area contributed by atoms with Crippen molar-refractivity contribution in [2.24, 2.45) is 0 Å². The van der Waals surface area contributed by atoms with Gasteiger partial charge in [-0.1, -0.05) is 25.3 Å².